The van der Waals surface area contributed by atoms with Crippen LogP contribution in [0.1, 0.15) is 28.7 Å². The molecule has 2 aromatic carbocycles. The van der Waals surface area contributed by atoms with Crippen LogP contribution in [0.15, 0.2) is 60.8 Å². The fraction of sp³-hybridized carbons (Fsp3) is 0.174. The van der Waals surface area contributed by atoms with Gasteiger partial charge >= 0.3 is 0 Å². The Morgan fingerprint density at radius 1 is 1.07 bits per heavy atom. The average molecular weight is 386 g/mol. The maximum absolute atomic E-state index is 12.8. The van der Waals surface area contributed by atoms with Crippen molar-refractivity contribution in [2.24, 2.45) is 0 Å². The minimum Gasteiger partial charge on any atom is -0.494 e. The summed E-state index contributed by atoms with van der Waals surface area (Å²) in [4.78, 5) is 17.4. The van der Waals surface area contributed by atoms with E-state index in [0.29, 0.717) is 17.9 Å². The van der Waals surface area contributed by atoms with E-state index in [9.17, 15) is 4.79 Å². The molecule has 6 heteroatoms. The van der Waals surface area contributed by atoms with Gasteiger partial charge in [-0.3, -0.25) is 4.79 Å². The zero-order chi connectivity index (χ0) is 20.4. The molecular weight excluding hydrogens is 364 g/mol. The fourth-order valence-electron chi connectivity index (χ4n) is 3.37. The van der Waals surface area contributed by atoms with Crippen LogP contribution in [0.3, 0.4) is 0 Å². The normalized spacial score (nSPS) is 10.9. The Bertz CT molecular complexity index is 1170. The summed E-state index contributed by atoms with van der Waals surface area (Å²) in [5.74, 6) is 0.542. The highest BCUT2D eigenvalue weighted by Gasteiger charge is 2.18. The molecule has 0 saturated carbocycles. The van der Waals surface area contributed by atoms with Crippen LogP contribution in [0.5, 0.6) is 5.75 Å². The molecule has 4 aromatic rings. The van der Waals surface area contributed by atoms with E-state index in [1.54, 1.807) is 10.7 Å². The zero-order valence-corrected chi connectivity index (χ0v) is 16.6. The van der Waals surface area contributed by atoms with Crippen molar-refractivity contribution in [1.29, 1.82) is 0 Å². The largest absolute Gasteiger partial charge is 0.494 e. The van der Waals surface area contributed by atoms with E-state index >= 15 is 0 Å². The number of amides is 1. The molecule has 0 aliphatic rings. The maximum atomic E-state index is 12.8. The molecule has 0 aliphatic heterocycles. The van der Waals surface area contributed by atoms with Gasteiger partial charge in [-0.1, -0.05) is 30.3 Å². The number of ether oxygens (including phenoxy) is 1. The van der Waals surface area contributed by atoms with Crippen molar-refractivity contribution in [1.82, 2.24) is 14.6 Å². The van der Waals surface area contributed by atoms with E-state index < -0.39 is 0 Å². The molecule has 0 bridgehead atoms. The Hall–Kier alpha value is -3.67. The molecule has 146 valence electrons. The van der Waals surface area contributed by atoms with E-state index in [4.69, 9.17) is 4.74 Å². The van der Waals surface area contributed by atoms with Gasteiger partial charge in [0.15, 0.2) is 5.65 Å². The number of fused-ring (bicyclic) bond motifs is 1. The first-order valence-corrected chi connectivity index (χ1v) is 9.53. The summed E-state index contributed by atoms with van der Waals surface area (Å²) in [7, 11) is 0. The number of nitrogens with one attached hydrogen (secondary N) is 1. The Morgan fingerprint density at radius 2 is 1.79 bits per heavy atom. The van der Waals surface area contributed by atoms with Gasteiger partial charge in [0.05, 0.1) is 23.6 Å². The Labute approximate surface area is 169 Å². The highest BCUT2D eigenvalue weighted by molar-refractivity contribution is 6.05. The summed E-state index contributed by atoms with van der Waals surface area (Å²) >= 11 is 0. The van der Waals surface area contributed by atoms with Crippen LogP contribution in [0.25, 0.3) is 16.8 Å². The van der Waals surface area contributed by atoms with Crippen molar-refractivity contribution in [2.45, 2.75) is 20.8 Å². The van der Waals surface area contributed by atoms with Crippen molar-refractivity contribution in [3.05, 3.63) is 77.7 Å². The summed E-state index contributed by atoms with van der Waals surface area (Å²) in [6.45, 7) is 6.37. The third-order valence-corrected chi connectivity index (χ3v) is 4.79. The molecular formula is C23H22N4O2. The lowest BCUT2D eigenvalue weighted by Crippen LogP contribution is -2.16. The van der Waals surface area contributed by atoms with Crippen molar-refractivity contribution in [3.63, 3.8) is 0 Å². The average Bonchev–Trinajstić information content (AvgIpc) is 3.07. The predicted molar refractivity (Wildman–Crippen MR) is 113 cm³/mol. The maximum Gasteiger partial charge on any atom is 0.259 e. The summed E-state index contributed by atoms with van der Waals surface area (Å²) in [5, 5.41) is 7.54. The van der Waals surface area contributed by atoms with Gasteiger partial charge in [0, 0.05) is 17.4 Å². The second kappa shape index (κ2) is 7.75. The molecule has 6 nitrogen and oxygen atoms in total. The summed E-state index contributed by atoms with van der Waals surface area (Å²) < 4.78 is 7.17. The third-order valence-electron chi connectivity index (χ3n) is 4.79. The zero-order valence-electron chi connectivity index (χ0n) is 16.6. The molecule has 4 rings (SSSR count). The summed E-state index contributed by atoms with van der Waals surface area (Å²) in [6.07, 6.45) is 1.61. The van der Waals surface area contributed by atoms with Crippen LogP contribution in [0.2, 0.25) is 0 Å². The van der Waals surface area contributed by atoms with Crippen molar-refractivity contribution in [2.75, 3.05) is 11.9 Å². The van der Waals surface area contributed by atoms with Gasteiger partial charge in [-0.05, 0) is 50.6 Å². The molecule has 0 radical (unpaired) electrons. The number of nitrogens with zero attached hydrogens (tertiary/aromatic N) is 3. The highest BCUT2D eigenvalue weighted by atomic mass is 16.5. The molecule has 0 fully saturated rings. The van der Waals surface area contributed by atoms with Crippen LogP contribution < -0.4 is 10.1 Å². The van der Waals surface area contributed by atoms with Crippen LogP contribution in [0, 0.1) is 13.8 Å². The minimum atomic E-state index is -0.226. The molecule has 1 N–H and O–H groups in total. The van der Waals surface area contributed by atoms with Crippen molar-refractivity contribution >= 4 is 17.2 Å². The number of hydrogen-bond acceptors (Lipinski definition) is 4. The van der Waals surface area contributed by atoms with E-state index in [1.165, 1.54) is 0 Å². The first-order chi connectivity index (χ1) is 14.1. The molecule has 2 aromatic heterocycles. The minimum absolute atomic E-state index is 0.226. The van der Waals surface area contributed by atoms with Gasteiger partial charge in [-0.25, -0.2) is 9.50 Å². The number of benzene rings is 2. The monoisotopic (exact) mass is 386 g/mol. The lowest BCUT2D eigenvalue weighted by Gasteiger charge is -2.10. The molecule has 0 spiro atoms. The number of anilines is 1. The quantitative estimate of drug-likeness (QED) is 0.541. The Morgan fingerprint density at radius 3 is 2.48 bits per heavy atom. The van der Waals surface area contributed by atoms with Gasteiger partial charge < -0.3 is 10.1 Å². The molecule has 29 heavy (non-hydrogen) atoms. The molecule has 0 aliphatic carbocycles. The van der Waals surface area contributed by atoms with Crippen LogP contribution >= 0.6 is 0 Å². The first-order valence-electron chi connectivity index (χ1n) is 9.53. The number of rotatable bonds is 5. The van der Waals surface area contributed by atoms with E-state index in [1.807, 2.05) is 75.4 Å². The number of aryl methyl sites for hydroxylation is 2. The lowest BCUT2D eigenvalue weighted by atomic mass is 10.1. The summed E-state index contributed by atoms with van der Waals surface area (Å²) in [6, 6.07) is 17.3. The SMILES string of the molecule is CCOc1ccc(NC(=O)c2cnc3c(-c4ccccc4)c(C)nn3c2C)cc1. The highest BCUT2D eigenvalue weighted by Crippen LogP contribution is 2.28. The van der Waals surface area contributed by atoms with Gasteiger partial charge in [0.2, 0.25) is 0 Å². The number of hydrogen-bond donors (Lipinski definition) is 1. The van der Waals surface area contributed by atoms with Gasteiger partial charge in [0.1, 0.15) is 5.75 Å². The second-order valence-corrected chi connectivity index (χ2v) is 6.73. The number of carbonyl (C=O) groups is 1. The first kappa shape index (κ1) is 18.7. The standard InChI is InChI=1S/C23H22N4O2/c1-4-29-19-12-10-18(11-13-19)25-23(28)20-14-24-22-21(17-8-6-5-7-9-17)15(2)26-27(22)16(20)3/h5-14H,4H2,1-3H3,(H,25,28). The van der Waals surface area contributed by atoms with Crippen LogP contribution in [0.4, 0.5) is 5.69 Å². The molecule has 1 amide bonds. The van der Waals surface area contributed by atoms with E-state index in [2.05, 4.69) is 15.4 Å². The Kier molecular flexibility index (Phi) is 4.99. The van der Waals surface area contributed by atoms with Crippen molar-refractivity contribution < 1.29 is 9.53 Å². The van der Waals surface area contributed by atoms with Gasteiger partial charge in [0.25, 0.3) is 5.91 Å². The third kappa shape index (κ3) is 3.57. The number of carbonyl (C=O) groups excluding carboxylic acids is 1. The summed E-state index contributed by atoms with van der Waals surface area (Å²) in [5.41, 5.74) is 5.56. The molecule has 0 unspecified atom stereocenters. The van der Waals surface area contributed by atoms with Gasteiger partial charge in [-0.2, -0.15) is 5.10 Å². The second-order valence-electron chi connectivity index (χ2n) is 6.73. The Balaban J connectivity index is 1.66. The van der Waals surface area contributed by atoms with E-state index in [0.717, 1.165) is 33.9 Å². The molecule has 0 saturated heterocycles. The van der Waals surface area contributed by atoms with Crippen molar-refractivity contribution in [3.8, 4) is 16.9 Å². The number of aromatic nitrogens is 3. The predicted octanol–water partition coefficient (Wildman–Crippen LogP) is 4.66. The molecule has 2 heterocycles. The van der Waals surface area contributed by atoms with E-state index in [-0.39, 0.29) is 5.91 Å². The topological polar surface area (TPSA) is 68.5 Å². The lowest BCUT2D eigenvalue weighted by molar-refractivity contribution is 0.102. The van der Waals surface area contributed by atoms with Crippen LogP contribution in [-0.4, -0.2) is 27.1 Å². The van der Waals surface area contributed by atoms with Gasteiger partial charge in [-0.15, -0.1) is 0 Å². The fourth-order valence-corrected chi connectivity index (χ4v) is 3.37. The smallest absolute Gasteiger partial charge is 0.259 e. The van der Waals surface area contributed by atoms with Crippen LogP contribution in [-0.2, 0) is 0 Å². The molecule has 0 atom stereocenters.